The molecule has 6 heteroatoms. The zero-order chi connectivity index (χ0) is 13.3. The number of ether oxygens (including phenoxy) is 2. The maximum atomic E-state index is 11.2. The van der Waals surface area contributed by atoms with E-state index in [2.05, 4.69) is 11.7 Å². The highest BCUT2D eigenvalue weighted by atomic mass is 16.6. The van der Waals surface area contributed by atoms with E-state index in [1.54, 1.807) is 13.8 Å². The molecule has 0 saturated heterocycles. The molecule has 0 rings (SSSR count). The minimum Gasteiger partial charge on any atom is -0.456 e. The molecular formula is C11H19NO5. The van der Waals surface area contributed by atoms with Gasteiger partial charge in [0.15, 0.2) is 12.2 Å². The van der Waals surface area contributed by atoms with Gasteiger partial charge in [0.25, 0.3) is 0 Å². The fraction of sp³-hybridized carbons (Fsp3) is 0.727. The summed E-state index contributed by atoms with van der Waals surface area (Å²) in [5.74, 6) is -0.907. The predicted octanol–water partition coefficient (Wildman–Crippen LogP) is 0.323. The van der Waals surface area contributed by atoms with Crippen LogP contribution in [0.15, 0.2) is 4.99 Å². The van der Waals surface area contributed by atoms with Crippen LogP contribution < -0.4 is 0 Å². The van der Waals surface area contributed by atoms with Crippen molar-refractivity contribution < 1.29 is 24.2 Å². The number of carbonyl (C=O) groups excluding carboxylic acids is 2. The molecule has 0 aromatic rings. The highest BCUT2D eigenvalue weighted by Gasteiger charge is 2.27. The lowest BCUT2D eigenvalue weighted by Gasteiger charge is -2.24. The fourth-order valence-corrected chi connectivity index (χ4v) is 1.09. The van der Waals surface area contributed by atoms with E-state index in [0.29, 0.717) is 0 Å². The number of carbonyl (C=O) groups is 2. The van der Waals surface area contributed by atoms with E-state index >= 15 is 0 Å². The number of hydrogen-bond acceptors (Lipinski definition) is 6. The van der Waals surface area contributed by atoms with E-state index in [4.69, 9.17) is 14.6 Å². The monoisotopic (exact) mass is 245 g/mol. The highest BCUT2D eigenvalue weighted by Crippen LogP contribution is 2.08. The molecule has 0 fully saturated rings. The zero-order valence-corrected chi connectivity index (χ0v) is 10.2. The normalized spacial score (nSPS) is 13.6. The Hall–Kier alpha value is -1.43. The SMILES string of the molecule is C=NC[C@H](OC(=O)CC)[C@H](CO)OC(=O)CC. The number of aliphatic hydroxyl groups excluding tert-OH is 1. The van der Waals surface area contributed by atoms with Gasteiger partial charge in [-0.05, 0) is 6.72 Å². The average molecular weight is 245 g/mol. The van der Waals surface area contributed by atoms with Gasteiger partial charge in [0.2, 0.25) is 0 Å². The molecule has 0 aliphatic rings. The zero-order valence-electron chi connectivity index (χ0n) is 10.2. The summed E-state index contributed by atoms with van der Waals surface area (Å²) in [5.41, 5.74) is 0. The van der Waals surface area contributed by atoms with Crippen molar-refractivity contribution in [2.24, 2.45) is 4.99 Å². The third kappa shape index (κ3) is 6.01. The highest BCUT2D eigenvalue weighted by molar-refractivity contribution is 5.70. The summed E-state index contributed by atoms with van der Waals surface area (Å²) in [6.45, 7) is 6.22. The smallest absolute Gasteiger partial charge is 0.305 e. The summed E-state index contributed by atoms with van der Waals surface area (Å²) in [4.78, 5) is 25.9. The van der Waals surface area contributed by atoms with Gasteiger partial charge in [0.05, 0.1) is 13.2 Å². The van der Waals surface area contributed by atoms with E-state index in [9.17, 15) is 9.59 Å². The van der Waals surface area contributed by atoms with Gasteiger partial charge in [-0.15, -0.1) is 0 Å². The van der Waals surface area contributed by atoms with E-state index in [0.717, 1.165) is 0 Å². The van der Waals surface area contributed by atoms with Gasteiger partial charge < -0.3 is 14.6 Å². The first-order valence-corrected chi connectivity index (χ1v) is 5.51. The molecule has 0 amide bonds. The minimum atomic E-state index is -0.900. The molecule has 98 valence electrons. The Labute approximate surface area is 101 Å². The van der Waals surface area contributed by atoms with Gasteiger partial charge in [-0.25, -0.2) is 0 Å². The second kappa shape index (κ2) is 8.69. The molecular weight excluding hydrogens is 226 g/mol. The quantitative estimate of drug-likeness (QED) is 0.492. The molecule has 0 radical (unpaired) electrons. The van der Waals surface area contributed by atoms with Gasteiger partial charge in [-0.1, -0.05) is 13.8 Å². The largest absolute Gasteiger partial charge is 0.456 e. The molecule has 0 spiro atoms. The minimum absolute atomic E-state index is 0.0773. The van der Waals surface area contributed by atoms with Gasteiger partial charge in [-0.3, -0.25) is 14.6 Å². The number of aliphatic imine (C=N–C) groups is 1. The van der Waals surface area contributed by atoms with Crippen LogP contribution in [0.25, 0.3) is 0 Å². The Bertz CT molecular complexity index is 267. The molecule has 0 saturated carbocycles. The fourth-order valence-electron chi connectivity index (χ4n) is 1.09. The molecule has 17 heavy (non-hydrogen) atoms. The topological polar surface area (TPSA) is 85.2 Å². The molecule has 0 aromatic heterocycles. The van der Waals surface area contributed by atoms with Crippen molar-refractivity contribution in [1.29, 1.82) is 0 Å². The van der Waals surface area contributed by atoms with Crippen LogP contribution in [0.5, 0.6) is 0 Å². The first kappa shape index (κ1) is 15.6. The molecule has 0 bridgehead atoms. The summed E-state index contributed by atoms with van der Waals surface area (Å²) >= 11 is 0. The third-order valence-electron chi connectivity index (χ3n) is 2.05. The van der Waals surface area contributed by atoms with Crippen molar-refractivity contribution in [3.63, 3.8) is 0 Å². The van der Waals surface area contributed by atoms with Crippen molar-refractivity contribution in [1.82, 2.24) is 0 Å². The van der Waals surface area contributed by atoms with Crippen LogP contribution in [0.3, 0.4) is 0 Å². The summed E-state index contributed by atoms with van der Waals surface area (Å²) in [6, 6.07) is 0. The van der Waals surface area contributed by atoms with E-state index in [1.807, 2.05) is 0 Å². The van der Waals surface area contributed by atoms with Gasteiger partial charge in [-0.2, -0.15) is 0 Å². The Balaban J connectivity index is 4.55. The average Bonchev–Trinajstić information content (AvgIpc) is 2.34. The first-order chi connectivity index (χ1) is 8.08. The number of hydrogen-bond donors (Lipinski definition) is 1. The van der Waals surface area contributed by atoms with Crippen LogP contribution in [0, 0.1) is 0 Å². The molecule has 0 unspecified atom stereocenters. The Kier molecular flexibility index (Phi) is 7.96. The van der Waals surface area contributed by atoms with Crippen LogP contribution in [-0.4, -0.2) is 49.1 Å². The van der Waals surface area contributed by atoms with Crippen molar-refractivity contribution in [3.8, 4) is 0 Å². The van der Waals surface area contributed by atoms with Crippen molar-refractivity contribution in [3.05, 3.63) is 0 Å². The lowest BCUT2D eigenvalue weighted by atomic mass is 10.2. The van der Waals surface area contributed by atoms with E-state index < -0.39 is 30.8 Å². The first-order valence-electron chi connectivity index (χ1n) is 5.51. The van der Waals surface area contributed by atoms with Crippen LogP contribution in [-0.2, 0) is 19.1 Å². The summed E-state index contributed by atoms with van der Waals surface area (Å²) in [6.07, 6.45) is -1.30. The summed E-state index contributed by atoms with van der Waals surface area (Å²) < 4.78 is 9.98. The van der Waals surface area contributed by atoms with Crippen LogP contribution >= 0.6 is 0 Å². The molecule has 0 aliphatic heterocycles. The van der Waals surface area contributed by atoms with Crippen molar-refractivity contribution in [2.75, 3.05) is 13.2 Å². The predicted molar refractivity (Wildman–Crippen MR) is 61.8 cm³/mol. The Morgan fingerprint density at radius 1 is 1.18 bits per heavy atom. The molecule has 0 heterocycles. The molecule has 0 aliphatic carbocycles. The van der Waals surface area contributed by atoms with Crippen LogP contribution in [0.1, 0.15) is 26.7 Å². The number of rotatable bonds is 8. The molecule has 2 atom stereocenters. The number of aliphatic hydroxyl groups is 1. The number of nitrogens with zero attached hydrogens (tertiary/aromatic N) is 1. The third-order valence-corrected chi connectivity index (χ3v) is 2.05. The van der Waals surface area contributed by atoms with Crippen LogP contribution in [0.2, 0.25) is 0 Å². The van der Waals surface area contributed by atoms with Gasteiger partial charge in [0.1, 0.15) is 0 Å². The van der Waals surface area contributed by atoms with Crippen molar-refractivity contribution in [2.45, 2.75) is 38.9 Å². The maximum absolute atomic E-state index is 11.2. The maximum Gasteiger partial charge on any atom is 0.305 e. The molecule has 0 aromatic carbocycles. The lowest BCUT2D eigenvalue weighted by Crippen LogP contribution is -2.39. The summed E-state index contributed by atoms with van der Waals surface area (Å²) in [5, 5.41) is 9.12. The van der Waals surface area contributed by atoms with Crippen LogP contribution in [0.4, 0.5) is 0 Å². The van der Waals surface area contributed by atoms with Gasteiger partial charge >= 0.3 is 11.9 Å². The lowest BCUT2D eigenvalue weighted by molar-refractivity contribution is -0.169. The second-order valence-corrected chi connectivity index (χ2v) is 3.35. The molecule has 1 N–H and O–H groups in total. The summed E-state index contributed by atoms with van der Waals surface area (Å²) in [7, 11) is 0. The standard InChI is InChI=1S/C11H19NO5/c1-4-10(14)16-8(6-12-3)9(7-13)17-11(15)5-2/h8-9,13H,3-7H2,1-2H3/t8-,9-/m0/s1. The second-order valence-electron chi connectivity index (χ2n) is 3.35. The Morgan fingerprint density at radius 3 is 2.00 bits per heavy atom. The number of esters is 2. The van der Waals surface area contributed by atoms with Gasteiger partial charge in [0, 0.05) is 12.8 Å². The van der Waals surface area contributed by atoms with E-state index in [-0.39, 0.29) is 19.4 Å². The molecule has 6 nitrogen and oxygen atoms in total. The van der Waals surface area contributed by atoms with E-state index in [1.165, 1.54) is 0 Å². The Morgan fingerprint density at radius 2 is 1.65 bits per heavy atom. The van der Waals surface area contributed by atoms with Crippen molar-refractivity contribution >= 4 is 18.7 Å².